The molecule has 0 aliphatic carbocycles. The quantitative estimate of drug-likeness (QED) is 0.865. The van der Waals surface area contributed by atoms with Crippen molar-refractivity contribution in [2.24, 2.45) is 11.1 Å². The van der Waals surface area contributed by atoms with Crippen LogP contribution in [0, 0.1) is 12.3 Å². The van der Waals surface area contributed by atoms with Gasteiger partial charge in [-0.3, -0.25) is 0 Å². The monoisotopic (exact) mass is 235 g/mol. The van der Waals surface area contributed by atoms with Crippen molar-refractivity contribution in [1.82, 2.24) is 10.1 Å². The molecular weight excluding hydrogens is 218 g/mol. The van der Waals surface area contributed by atoms with E-state index in [0.29, 0.717) is 11.7 Å². The highest BCUT2D eigenvalue weighted by Crippen LogP contribution is 2.31. The van der Waals surface area contributed by atoms with Gasteiger partial charge in [-0.05, 0) is 18.4 Å². The van der Waals surface area contributed by atoms with Gasteiger partial charge in [0.15, 0.2) is 0 Å². The van der Waals surface area contributed by atoms with Gasteiger partial charge in [0.2, 0.25) is 11.7 Å². The molecule has 0 fully saturated rings. The number of hydrogen-bond donors (Lipinski definition) is 1. The Morgan fingerprint density at radius 2 is 2.06 bits per heavy atom. The van der Waals surface area contributed by atoms with Gasteiger partial charge in [0, 0.05) is 0 Å². The van der Waals surface area contributed by atoms with Crippen molar-refractivity contribution in [3.63, 3.8) is 0 Å². The maximum absolute atomic E-state index is 6.06. The molecule has 5 heteroatoms. The summed E-state index contributed by atoms with van der Waals surface area (Å²) in [5.74, 6) is 1.74. The van der Waals surface area contributed by atoms with Crippen molar-refractivity contribution in [1.29, 1.82) is 0 Å². The summed E-state index contributed by atoms with van der Waals surface area (Å²) in [5, 5.41) is 3.93. The second-order valence-corrected chi connectivity index (χ2v) is 5.19. The Labute approximate surface area is 100.0 Å². The topological polar surface area (TPSA) is 78.1 Å². The van der Waals surface area contributed by atoms with Crippen LogP contribution in [0.5, 0.6) is 0 Å². The fraction of sp³-hybridized carbons (Fsp3) is 0.500. The van der Waals surface area contributed by atoms with Crippen molar-refractivity contribution in [2.45, 2.75) is 33.7 Å². The second kappa shape index (κ2) is 4.00. The molecule has 92 valence electrons. The maximum Gasteiger partial charge on any atom is 0.244 e. The van der Waals surface area contributed by atoms with Crippen LogP contribution in [-0.4, -0.2) is 10.1 Å². The number of nitrogens with two attached hydrogens (primary N) is 1. The number of nitrogens with zero attached hydrogens (tertiary/aromatic N) is 2. The van der Waals surface area contributed by atoms with Gasteiger partial charge in [-0.2, -0.15) is 4.98 Å². The highest BCUT2D eigenvalue weighted by molar-refractivity contribution is 5.56. The number of aromatic nitrogens is 2. The van der Waals surface area contributed by atoms with E-state index in [1.54, 1.807) is 6.26 Å². The van der Waals surface area contributed by atoms with Gasteiger partial charge in [0.1, 0.15) is 5.76 Å². The Balaban J connectivity index is 2.31. The molecule has 0 aromatic carbocycles. The molecule has 0 unspecified atom stereocenters. The maximum atomic E-state index is 6.06. The first-order chi connectivity index (χ1) is 7.89. The molecule has 2 heterocycles. The number of hydrogen-bond acceptors (Lipinski definition) is 5. The molecule has 0 saturated heterocycles. The minimum atomic E-state index is -0.282. The highest BCUT2D eigenvalue weighted by Gasteiger charge is 2.28. The minimum absolute atomic E-state index is 0.116. The summed E-state index contributed by atoms with van der Waals surface area (Å²) in [6, 6.07) is 1.53. The summed E-state index contributed by atoms with van der Waals surface area (Å²) in [6.45, 7) is 7.95. The van der Waals surface area contributed by atoms with E-state index in [2.05, 4.69) is 10.1 Å². The third-order valence-electron chi connectivity index (χ3n) is 2.74. The summed E-state index contributed by atoms with van der Waals surface area (Å²) in [4.78, 5) is 4.32. The van der Waals surface area contributed by atoms with Crippen LogP contribution in [0.15, 0.2) is 21.3 Å². The Hall–Kier alpha value is -1.62. The Morgan fingerprint density at radius 3 is 2.59 bits per heavy atom. The largest absolute Gasteiger partial charge is 0.469 e. The van der Waals surface area contributed by atoms with E-state index < -0.39 is 0 Å². The smallest absolute Gasteiger partial charge is 0.244 e. The predicted octanol–water partition coefficient (Wildman–Crippen LogP) is 2.68. The lowest BCUT2D eigenvalue weighted by Gasteiger charge is -2.23. The fourth-order valence-corrected chi connectivity index (χ4v) is 1.46. The van der Waals surface area contributed by atoms with Crippen LogP contribution in [0.4, 0.5) is 0 Å². The molecule has 2 rings (SSSR count). The fourth-order valence-electron chi connectivity index (χ4n) is 1.46. The molecule has 0 bridgehead atoms. The predicted molar refractivity (Wildman–Crippen MR) is 63.1 cm³/mol. The zero-order valence-electron chi connectivity index (χ0n) is 10.5. The lowest BCUT2D eigenvalue weighted by Crippen LogP contribution is -2.26. The van der Waals surface area contributed by atoms with Crippen molar-refractivity contribution < 1.29 is 8.94 Å². The van der Waals surface area contributed by atoms with Gasteiger partial charge in [0.25, 0.3) is 0 Å². The zero-order chi connectivity index (χ0) is 12.6. The average molecular weight is 235 g/mol. The third-order valence-corrected chi connectivity index (χ3v) is 2.74. The van der Waals surface area contributed by atoms with E-state index in [1.807, 2.05) is 33.8 Å². The van der Waals surface area contributed by atoms with Gasteiger partial charge in [-0.1, -0.05) is 25.9 Å². The summed E-state index contributed by atoms with van der Waals surface area (Å²) in [5.41, 5.74) is 6.78. The molecule has 0 saturated carbocycles. The molecule has 5 nitrogen and oxygen atoms in total. The molecule has 0 aliphatic heterocycles. The molecule has 0 amide bonds. The Morgan fingerprint density at radius 1 is 1.35 bits per heavy atom. The van der Waals surface area contributed by atoms with E-state index in [1.165, 1.54) is 0 Å². The molecule has 0 radical (unpaired) electrons. The number of rotatable bonds is 2. The average Bonchev–Trinajstić information content (AvgIpc) is 2.83. The van der Waals surface area contributed by atoms with Gasteiger partial charge < -0.3 is 14.7 Å². The summed E-state index contributed by atoms with van der Waals surface area (Å²) in [6.07, 6.45) is 1.60. The van der Waals surface area contributed by atoms with E-state index in [9.17, 15) is 0 Å². The third kappa shape index (κ3) is 2.24. The van der Waals surface area contributed by atoms with Gasteiger partial charge >= 0.3 is 0 Å². The Kier molecular flexibility index (Phi) is 2.79. The molecule has 0 spiro atoms. The van der Waals surface area contributed by atoms with E-state index in [-0.39, 0.29) is 11.5 Å². The van der Waals surface area contributed by atoms with Crippen molar-refractivity contribution in [3.8, 4) is 11.4 Å². The molecule has 17 heavy (non-hydrogen) atoms. The SMILES string of the molecule is Cc1occc1-c1noc([C@H](N)C(C)(C)C)n1. The lowest BCUT2D eigenvalue weighted by atomic mass is 9.87. The molecule has 1 atom stereocenters. The Bertz CT molecular complexity index is 508. The first-order valence-corrected chi connectivity index (χ1v) is 5.53. The summed E-state index contributed by atoms with van der Waals surface area (Å²) < 4.78 is 10.4. The molecule has 2 aromatic heterocycles. The van der Waals surface area contributed by atoms with Gasteiger partial charge in [-0.25, -0.2) is 0 Å². The first kappa shape index (κ1) is 11.9. The van der Waals surface area contributed by atoms with E-state index >= 15 is 0 Å². The van der Waals surface area contributed by atoms with E-state index in [0.717, 1.165) is 11.3 Å². The van der Waals surface area contributed by atoms with Crippen molar-refractivity contribution in [2.75, 3.05) is 0 Å². The molecule has 0 aliphatic rings. The van der Waals surface area contributed by atoms with Crippen LogP contribution in [-0.2, 0) is 0 Å². The van der Waals surface area contributed by atoms with E-state index in [4.69, 9.17) is 14.7 Å². The summed E-state index contributed by atoms with van der Waals surface area (Å²) >= 11 is 0. The standard InChI is InChI=1S/C12H17N3O2/c1-7-8(5-6-16-7)10-14-11(17-15-10)9(13)12(2,3)4/h5-6,9H,13H2,1-4H3/t9-/m0/s1. The number of furan rings is 1. The highest BCUT2D eigenvalue weighted by atomic mass is 16.5. The zero-order valence-corrected chi connectivity index (χ0v) is 10.5. The van der Waals surface area contributed by atoms with Crippen molar-refractivity contribution in [3.05, 3.63) is 24.0 Å². The van der Waals surface area contributed by atoms with Gasteiger partial charge in [-0.15, -0.1) is 0 Å². The second-order valence-electron chi connectivity index (χ2n) is 5.19. The molecule has 2 N–H and O–H groups in total. The summed E-state index contributed by atoms with van der Waals surface area (Å²) in [7, 11) is 0. The molecule has 2 aromatic rings. The van der Waals surface area contributed by atoms with Gasteiger partial charge in [0.05, 0.1) is 17.9 Å². The lowest BCUT2D eigenvalue weighted by molar-refractivity contribution is 0.253. The van der Waals surface area contributed by atoms with Crippen molar-refractivity contribution >= 4 is 0 Å². The minimum Gasteiger partial charge on any atom is -0.469 e. The van der Waals surface area contributed by atoms with Crippen LogP contribution in [0.1, 0.15) is 38.5 Å². The first-order valence-electron chi connectivity index (χ1n) is 5.53. The van der Waals surface area contributed by atoms with Crippen LogP contribution in [0.3, 0.4) is 0 Å². The number of aryl methyl sites for hydroxylation is 1. The van der Waals surface area contributed by atoms with Crippen LogP contribution < -0.4 is 5.73 Å². The van der Waals surface area contributed by atoms with Crippen LogP contribution in [0.25, 0.3) is 11.4 Å². The normalized spacial score (nSPS) is 13.9. The van der Waals surface area contributed by atoms with Crippen LogP contribution in [0.2, 0.25) is 0 Å². The molecular formula is C12H17N3O2. The van der Waals surface area contributed by atoms with Crippen LogP contribution >= 0.6 is 0 Å².